The second kappa shape index (κ2) is 7.47. The van der Waals surface area contributed by atoms with Crippen molar-refractivity contribution in [1.82, 2.24) is 10.2 Å². The molecule has 0 bridgehead atoms. The number of anilines is 1. The molecule has 1 aromatic carbocycles. The summed E-state index contributed by atoms with van der Waals surface area (Å²) in [5.74, 6) is -0.192. The van der Waals surface area contributed by atoms with E-state index in [4.69, 9.17) is 5.26 Å². The van der Waals surface area contributed by atoms with E-state index in [9.17, 15) is 9.59 Å². The molecular formula is C18H18N4O2S. The van der Waals surface area contributed by atoms with Gasteiger partial charge in [-0.15, -0.1) is 11.3 Å². The first-order chi connectivity index (χ1) is 12.1. The second-order valence-electron chi connectivity index (χ2n) is 5.86. The molecular weight excluding hydrogens is 336 g/mol. The van der Waals surface area contributed by atoms with Gasteiger partial charge < -0.3 is 10.6 Å². The third kappa shape index (κ3) is 3.87. The summed E-state index contributed by atoms with van der Waals surface area (Å²) >= 11 is 1.33. The highest BCUT2D eigenvalue weighted by molar-refractivity contribution is 7.14. The molecule has 25 heavy (non-hydrogen) atoms. The molecule has 0 aliphatic carbocycles. The second-order valence-corrected chi connectivity index (χ2v) is 6.78. The standard InChI is InChI=1S/C18H18N4O2S/c1-12-16(23)20-7-8-22(12)11-13-2-4-14(5-3-13)17(24)21-18-15(10-19)6-9-25-18/h2-6,9,12H,7-8,11H2,1H3,(H,20,23)(H,21,24)/t12-/m1/s1. The molecule has 0 unspecified atom stereocenters. The molecule has 2 aromatic rings. The Balaban J connectivity index is 1.65. The fourth-order valence-electron chi connectivity index (χ4n) is 2.71. The average molecular weight is 354 g/mol. The van der Waals surface area contributed by atoms with Crippen molar-refractivity contribution in [2.24, 2.45) is 0 Å². The summed E-state index contributed by atoms with van der Waals surface area (Å²) < 4.78 is 0. The highest BCUT2D eigenvalue weighted by atomic mass is 32.1. The van der Waals surface area contributed by atoms with Crippen molar-refractivity contribution in [3.8, 4) is 6.07 Å². The van der Waals surface area contributed by atoms with E-state index in [0.717, 1.165) is 12.1 Å². The molecule has 6 nitrogen and oxygen atoms in total. The number of nitrogens with one attached hydrogen (secondary N) is 2. The molecule has 7 heteroatoms. The minimum Gasteiger partial charge on any atom is -0.353 e. The minimum atomic E-state index is -0.240. The number of hydrogen-bond acceptors (Lipinski definition) is 5. The summed E-state index contributed by atoms with van der Waals surface area (Å²) in [5, 5.41) is 16.9. The molecule has 1 aromatic heterocycles. The molecule has 1 fully saturated rings. The first kappa shape index (κ1) is 17.1. The molecule has 0 saturated carbocycles. The van der Waals surface area contributed by atoms with Crippen molar-refractivity contribution in [2.45, 2.75) is 19.5 Å². The number of thiophene rings is 1. The Morgan fingerprint density at radius 2 is 2.16 bits per heavy atom. The topological polar surface area (TPSA) is 85.2 Å². The lowest BCUT2D eigenvalue weighted by Crippen LogP contribution is -2.53. The maximum atomic E-state index is 12.3. The number of nitrogens with zero attached hydrogens (tertiary/aromatic N) is 2. The van der Waals surface area contributed by atoms with Gasteiger partial charge in [0.15, 0.2) is 0 Å². The van der Waals surface area contributed by atoms with E-state index in [1.54, 1.807) is 23.6 Å². The summed E-state index contributed by atoms with van der Waals surface area (Å²) in [6.45, 7) is 4.03. The van der Waals surface area contributed by atoms with Gasteiger partial charge in [-0.3, -0.25) is 14.5 Å². The predicted octanol–water partition coefficient (Wildman–Crippen LogP) is 2.19. The third-order valence-electron chi connectivity index (χ3n) is 4.24. The average Bonchev–Trinajstić information content (AvgIpc) is 3.06. The maximum absolute atomic E-state index is 12.3. The van der Waals surface area contributed by atoms with Crippen LogP contribution in [0.1, 0.15) is 28.4 Å². The van der Waals surface area contributed by atoms with Crippen molar-refractivity contribution in [3.63, 3.8) is 0 Å². The van der Waals surface area contributed by atoms with Gasteiger partial charge in [0.05, 0.1) is 11.6 Å². The largest absolute Gasteiger partial charge is 0.353 e. The molecule has 128 valence electrons. The van der Waals surface area contributed by atoms with Crippen LogP contribution in [0.2, 0.25) is 0 Å². The molecule has 2 N–H and O–H groups in total. The van der Waals surface area contributed by atoms with Crippen LogP contribution < -0.4 is 10.6 Å². The van der Waals surface area contributed by atoms with E-state index in [2.05, 4.69) is 21.6 Å². The Morgan fingerprint density at radius 1 is 1.40 bits per heavy atom. The number of rotatable bonds is 4. The molecule has 1 atom stereocenters. The lowest BCUT2D eigenvalue weighted by atomic mass is 10.1. The maximum Gasteiger partial charge on any atom is 0.256 e. The van der Waals surface area contributed by atoms with Crippen LogP contribution in [0.5, 0.6) is 0 Å². The van der Waals surface area contributed by atoms with Gasteiger partial charge in [-0.2, -0.15) is 5.26 Å². The monoisotopic (exact) mass is 354 g/mol. The smallest absolute Gasteiger partial charge is 0.256 e. The fraction of sp³-hybridized carbons (Fsp3) is 0.278. The molecule has 1 aliphatic rings. The van der Waals surface area contributed by atoms with Gasteiger partial charge in [-0.1, -0.05) is 12.1 Å². The van der Waals surface area contributed by atoms with Crippen molar-refractivity contribution < 1.29 is 9.59 Å². The Kier molecular flexibility index (Phi) is 5.12. The first-order valence-electron chi connectivity index (χ1n) is 7.98. The minimum absolute atomic E-state index is 0.0477. The number of nitriles is 1. The number of piperazine rings is 1. The molecule has 1 saturated heterocycles. The number of amides is 2. The molecule has 0 spiro atoms. The van der Waals surface area contributed by atoms with Crippen LogP contribution in [0.3, 0.4) is 0 Å². The van der Waals surface area contributed by atoms with Crippen molar-refractivity contribution in [1.29, 1.82) is 5.26 Å². The first-order valence-corrected chi connectivity index (χ1v) is 8.86. The van der Waals surface area contributed by atoms with Crippen LogP contribution in [0.4, 0.5) is 5.00 Å². The Hall–Kier alpha value is -2.69. The van der Waals surface area contributed by atoms with Gasteiger partial charge in [-0.25, -0.2) is 0 Å². The van der Waals surface area contributed by atoms with Gasteiger partial charge in [0.25, 0.3) is 5.91 Å². The van der Waals surface area contributed by atoms with Crippen LogP contribution in [-0.2, 0) is 11.3 Å². The van der Waals surface area contributed by atoms with E-state index >= 15 is 0 Å². The van der Waals surface area contributed by atoms with Gasteiger partial charge >= 0.3 is 0 Å². The number of benzene rings is 1. The van der Waals surface area contributed by atoms with Crippen molar-refractivity contribution in [2.75, 3.05) is 18.4 Å². The lowest BCUT2D eigenvalue weighted by Gasteiger charge is -2.32. The van der Waals surface area contributed by atoms with Crippen LogP contribution in [-0.4, -0.2) is 35.8 Å². The zero-order valence-corrected chi connectivity index (χ0v) is 14.6. The van der Waals surface area contributed by atoms with Crippen LogP contribution in [0.25, 0.3) is 0 Å². The predicted molar refractivity (Wildman–Crippen MR) is 96.3 cm³/mol. The fourth-order valence-corrected chi connectivity index (χ4v) is 3.44. The quantitative estimate of drug-likeness (QED) is 0.881. The Bertz CT molecular complexity index is 822. The number of hydrogen-bond donors (Lipinski definition) is 2. The normalized spacial score (nSPS) is 17.6. The van der Waals surface area contributed by atoms with E-state index in [-0.39, 0.29) is 17.9 Å². The van der Waals surface area contributed by atoms with E-state index in [0.29, 0.717) is 29.2 Å². The number of carbonyl (C=O) groups is 2. The number of carbonyl (C=O) groups excluding carboxylic acids is 2. The molecule has 3 rings (SSSR count). The molecule has 2 amide bonds. The van der Waals surface area contributed by atoms with Gasteiger partial charge in [0.2, 0.25) is 5.91 Å². The van der Waals surface area contributed by atoms with Gasteiger partial charge in [0.1, 0.15) is 11.1 Å². The van der Waals surface area contributed by atoms with Crippen LogP contribution in [0, 0.1) is 11.3 Å². The van der Waals surface area contributed by atoms with Gasteiger partial charge in [-0.05, 0) is 36.1 Å². The summed E-state index contributed by atoms with van der Waals surface area (Å²) in [5.41, 5.74) is 2.05. The summed E-state index contributed by atoms with van der Waals surface area (Å²) in [7, 11) is 0. The molecule has 2 heterocycles. The van der Waals surface area contributed by atoms with Crippen LogP contribution >= 0.6 is 11.3 Å². The summed E-state index contributed by atoms with van der Waals surface area (Å²) in [4.78, 5) is 26.1. The molecule has 0 radical (unpaired) electrons. The Labute approximate surface area is 150 Å². The van der Waals surface area contributed by atoms with E-state index < -0.39 is 0 Å². The van der Waals surface area contributed by atoms with E-state index in [1.807, 2.05) is 19.1 Å². The lowest BCUT2D eigenvalue weighted by molar-refractivity contribution is -0.128. The van der Waals surface area contributed by atoms with E-state index in [1.165, 1.54) is 11.3 Å². The Morgan fingerprint density at radius 3 is 2.88 bits per heavy atom. The molecule has 1 aliphatic heterocycles. The van der Waals surface area contributed by atoms with Crippen LogP contribution in [0.15, 0.2) is 35.7 Å². The summed E-state index contributed by atoms with van der Waals surface area (Å²) in [6, 6.07) is 10.9. The highest BCUT2D eigenvalue weighted by Crippen LogP contribution is 2.23. The SMILES string of the molecule is C[C@@H]1C(=O)NCCN1Cc1ccc(C(=O)Nc2sccc2C#N)cc1. The zero-order valence-electron chi connectivity index (χ0n) is 13.8. The third-order valence-corrected chi connectivity index (χ3v) is 5.07. The van der Waals surface area contributed by atoms with Crippen molar-refractivity contribution >= 4 is 28.2 Å². The summed E-state index contributed by atoms with van der Waals surface area (Å²) in [6.07, 6.45) is 0. The zero-order chi connectivity index (χ0) is 17.8. The highest BCUT2D eigenvalue weighted by Gasteiger charge is 2.25. The van der Waals surface area contributed by atoms with Gasteiger partial charge in [0, 0.05) is 25.2 Å². The van der Waals surface area contributed by atoms with Crippen molar-refractivity contribution in [3.05, 3.63) is 52.4 Å².